The molecule has 0 unspecified atom stereocenters. The van der Waals surface area contributed by atoms with Crippen LogP contribution in [0.1, 0.15) is 16.7 Å². The molecule has 8 nitrogen and oxygen atoms in total. The van der Waals surface area contributed by atoms with Gasteiger partial charge in [0.05, 0.1) is 24.1 Å². The number of nitrogens with zero attached hydrogens (tertiary/aromatic N) is 1. The molecule has 0 aliphatic heterocycles. The number of hydrogen-bond acceptors (Lipinski definition) is 5. The minimum absolute atomic E-state index is 0.102. The number of rotatable bonds is 9. The van der Waals surface area contributed by atoms with Gasteiger partial charge in [-0.1, -0.05) is 66.7 Å². The van der Waals surface area contributed by atoms with E-state index in [0.717, 1.165) is 22.4 Å². The molecular formula is C25H25N5O3S. The molecule has 4 rings (SSSR count). The van der Waals surface area contributed by atoms with Crippen molar-refractivity contribution in [2.75, 3.05) is 10.5 Å². The maximum absolute atomic E-state index is 12.4. The summed E-state index contributed by atoms with van der Waals surface area (Å²) in [5.74, 6) is 0.140. The summed E-state index contributed by atoms with van der Waals surface area (Å²) >= 11 is 0. The zero-order valence-electron chi connectivity index (χ0n) is 18.4. The fourth-order valence-electron chi connectivity index (χ4n) is 3.43. The zero-order chi connectivity index (χ0) is 24.0. The zero-order valence-corrected chi connectivity index (χ0v) is 19.2. The molecule has 0 fully saturated rings. The molecule has 9 heteroatoms. The molecule has 34 heavy (non-hydrogen) atoms. The molecule has 0 bridgehead atoms. The lowest BCUT2D eigenvalue weighted by molar-refractivity contribution is -0.120. The molecule has 0 saturated heterocycles. The molecule has 0 saturated carbocycles. The summed E-state index contributed by atoms with van der Waals surface area (Å²) in [6, 6.07) is 23.5. The first kappa shape index (κ1) is 23.1. The Kier molecular flexibility index (Phi) is 6.93. The number of H-pyrrole nitrogens is 1. The highest BCUT2D eigenvalue weighted by Gasteiger charge is 2.12. The smallest absolute Gasteiger partial charge is 0.236 e. The lowest BCUT2D eigenvalue weighted by atomic mass is 10.1. The number of nitrogens with one attached hydrogen (secondary N) is 3. The summed E-state index contributed by atoms with van der Waals surface area (Å²) in [4.78, 5) is 19.3. The lowest BCUT2D eigenvalue weighted by Gasteiger charge is -2.10. The van der Waals surface area contributed by atoms with Crippen LogP contribution in [0.15, 0.2) is 85.1 Å². The van der Waals surface area contributed by atoms with E-state index < -0.39 is 10.0 Å². The Bertz CT molecular complexity index is 1350. The second-order valence-corrected chi connectivity index (χ2v) is 9.60. The Balaban J connectivity index is 1.26. The second kappa shape index (κ2) is 10.2. The number of hydrogen-bond donors (Lipinski definition) is 4. The fraction of sp³-hybridized carbons (Fsp3) is 0.120. The van der Waals surface area contributed by atoms with Crippen LogP contribution in [0.4, 0.5) is 11.6 Å². The Morgan fingerprint density at radius 3 is 2.21 bits per heavy atom. The highest BCUT2D eigenvalue weighted by molar-refractivity contribution is 7.91. The van der Waals surface area contributed by atoms with Crippen molar-refractivity contribution in [1.29, 1.82) is 0 Å². The van der Waals surface area contributed by atoms with Crippen molar-refractivity contribution in [3.8, 4) is 11.3 Å². The molecule has 0 atom stereocenters. The first-order valence-corrected chi connectivity index (χ1v) is 12.3. The third-order valence-electron chi connectivity index (χ3n) is 5.14. The number of nitrogen functional groups attached to an aromatic ring is 1. The van der Waals surface area contributed by atoms with Crippen LogP contribution in [0.25, 0.3) is 11.3 Å². The molecule has 1 amide bonds. The average Bonchev–Trinajstić information content (AvgIpc) is 3.26. The first-order valence-electron chi connectivity index (χ1n) is 10.7. The van der Waals surface area contributed by atoms with E-state index >= 15 is 0 Å². The summed E-state index contributed by atoms with van der Waals surface area (Å²) in [6.45, 7) is 0.404. The molecule has 0 aliphatic carbocycles. The molecule has 3 aromatic carbocycles. The molecule has 174 valence electrons. The number of nitrogens with two attached hydrogens (primary N) is 1. The van der Waals surface area contributed by atoms with E-state index in [1.54, 1.807) is 54.7 Å². The van der Waals surface area contributed by atoms with Crippen LogP contribution in [0.2, 0.25) is 0 Å². The number of benzene rings is 3. The van der Waals surface area contributed by atoms with Crippen molar-refractivity contribution in [3.63, 3.8) is 0 Å². The van der Waals surface area contributed by atoms with E-state index in [0.29, 0.717) is 23.7 Å². The van der Waals surface area contributed by atoms with Gasteiger partial charge in [-0.3, -0.25) is 9.52 Å². The third-order valence-corrected chi connectivity index (χ3v) is 6.40. The van der Waals surface area contributed by atoms with Crippen LogP contribution in [0.3, 0.4) is 0 Å². The van der Waals surface area contributed by atoms with Gasteiger partial charge in [0.25, 0.3) is 0 Å². The van der Waals surface area contributed by atoms with Crippen LogP contribution < -0.4 is 15.8 Å². The summed E-state index contributed by atoms with van der Waals surface area (Å²) in [5.41, 5.74) is 10.3. The summed E-state index contributed by atoms with van der Waals surface area (Å²) in [5, 5.41) is 2.90. The minimum Gasteiger partial charge on any atom is -0.369 e. The van der Waals surface area contributed by atoms with Gasteiger partial charge in [0.15, 0.2) is 5.95 Å². The van der Waals surface area contributed by atoms with Crippen LogP contribution in [-0.4, -0.2) is 24.3 Å². The Hall–Kier alpha value is -4.11. The predicted molar refractivity (Wildman–Crippen MR) is 133 cm³/mol. The normalized spacial score (nSPS) is 11.2. The van der Waals surface area contributed by atoms with Gasteiger partial charge >= 0.3 is 0 Å². The fourth-order valence-corrected chi connectivity index (χ4v) is 4.63. The summed E-state index contributed by atoms with van der Waals surface area (Å²) in [7, 11) is -3.52. The number of imidazole rings is 1. The third kappa shape index (κ3) is 6.46. The molecule has 0 radical (unpaired) electrons. The van der Waals surface area contributed by atoms with Gasteiger partial charge in [-0.2, -0.15) is 0 Å². The highest BCUT2D eigenvalue weighted by Crippen LogP contribution is 2.18. The maximum atomic E-state index is 12.4. The lowest BCUT2D eigenvalue weighted by Crippen LogP contribution is -2.24. The monoisotopic (exact) mass is 475 g/mol. The van der Waals surface area contributed by atoms with Crippen LogP contribution >= 0.6 is 0 Å². The maximum Gasteiger partial charge on any atom is 0.236 e. The van der Waals surface area contributed by atoms with Crippen molar-refractivity contribution >= 4 is 27.6 Å². The van der Waals surface area contributed by atoms with Gasteiger partial charge in [0.1, 0.15) is 0 Å². The predicted octanol–water partition coefficient (Wildman–Crippen LogP) is 3.46. The van der Waals surface area contributed by atoms with Gasteiger partial charge in [0.2, 0.25) is 15.9 Å². The van der Waals surface area contributed by atoms with Crippen molar-refractivity contribution in [2.24, 2.45) is 0 Å². The standard InChI is InChI=1S/C25H25N5O3S/c26-25-28-16-23(29-25)21-10-6-19(7-11-21)15-27-24(31)14-18-8-12-22(13-9-18)30-34(32,33)17-20-4-2-1-3-5-20/h1-13,16,30H,14-15,17H2,(H,27,31)(H3,26,28,29). The Morgan fingerprint density at radius 2 is 1.56 bits per heavy atom. The molecule has 1 heterocycles. The van der Waals surface area contributed by atoms with Crippen LogP contribution in [0, 0.1) is 0 Å². The SMILES string of the molecule is Nc1ncc(-c2ccc(CNC(=O)Cc3ccc(NS(=O)(=O)Cc4ccccc4)cc3)cc2)[nH]1. The van der Waals surface area contributed by atoms with Crippen molar-refractivity contribution in [2.45, 2.75) is 18.7 Å². The number of carbonyl (C=O) groups excluding carboxylic acids is 1. The van der Waals surface area contributed by atoms with Gasteiger partial charge in [0, 0.05) is 12.2 Å². The minimum atomic E-state index is -3.52. The number of sulfonamides is 1. The summed E-state index contributed by atoms with van der Waals surface area (Å²) in [6.07, 6.45) is 1.87. The van der Waals surface area contributed by atoms with Gasteiger partial charge in [-0.05, 0) is 34.4 Å². The van der Waals surface area contributed by atoms with Gasteiger partial charge in [-0.15, -0.1) is 0 Å². The quantitative estimate of drug-likeness (QED) is 0.295. The van der Waals surface area contributed by atoms with E-state index in [1.807, 2.05) is 30.3 Å². The Labute approximate surface area is 198 Å². The number of aromatic nitrogens is 2. The van der Waals surface area contributed by atoms with Crippen molar-refractivity contribution < 1.29 is 13.2 Å². The molecule has 0 aliphatic rings. The van der Waals surface area contributed by atoms with E-state index in [1.165, 1.54) is 0 Å². The second-order valence-electron chi connectivity index (χ2n) is 7.88. The van der Waals surface area contributed by atoms with Gasteiger partial charge in [-0.25, -0.2) is 13.4 Å². The molecule has 4 aromatic rings. The number of aromatic amines is 1. The molecule has 5 N–H and O–H groups in total. The number of anilines is 2. The van der Waals surface area contributed by atoms with Crippen LogP contribution in [0.5, 0.6) is 0 Å². The molecule has 0 spiro atoms. The first-order chi connectivity index (χ1) is 16.4. The number of carbonyl (C=O) groups is 1. The molecular weight excluding hydrogens is 450 g/mol. The Morgan fingerprint density at radius 1 is 0.882 bits per heavy atom. The van der Waals surface area contributed by atoms with Crippen LogP contribution in [-0.2, 0) is 33.5 Å². The number of amides is 1. The highest BCUT2D eigenvalue weighted by atomic mass is 32.2. The van der Waals surface area contributed by atoms with E-state index in [9.17, 15) is 13.2 Å². The van der Waals surface area contributed by atoms with Crippen molar-refractivity contribution in [3.05, 3.63) is 102 Å². The average molecular weight is 476 g/mol. The van der Waals surface area contributed by atoms with E-state index in [-0.39, 0.29) is 18.1 Å². The topological polar surface area (TPSA) is 130 Å². The largest absolute Gasteiger partial charge is 0.369 e. The summed E-state index contributed by atoms with van der Waals surface area (Å²) < 4.78 is 27.3. The van der Waals surface area contributed by atoms with E-state index in [2.05, 4.69) is 20.0 Å². The molecule has 1 aromatic heterocycles. The van der Waals surface area contributed by atoms with Crippen molar-refractivity contribution in [1.82, 2.24) is 15.3 Å². The van der Waals surface area contributed by atoms with E-state index in [4.69, 9.17) is 5.73 Å². The van der Waals surface area contributed by atoms with Gasteiger partial charge < -0.3 is 16.0 Å².